The molecule has 116 valence electrons. The van der Waals surface area contributed by atoms with Crippen LogP contribution >= 0.6 is 11.3 Å². The van der Waals surface area contributed by atoms with Crippen molar-refractivity contribution in [2.45, 2.75) is 32.9 Å². The highest BCUT2D eigenvalue weighted by molar-refractivity contribution is 7.14. The van der Waals surface area contributed by atoms with Crippen molar-refractivity contribution in [3.05, 3.63) is 51.5 Å². The quantitative estimate of drug-likeness (QED) is 0.868. The van der Waals surface area contributed by atoms with Crippen LogP contribution in [0.3, 0.4) is 0 Å². The van der Waals surface area contributed by atoms with E-state index in [0.717, 1.165) is 23.5 Å². The Labute approximate surface area is 134 Å². The summed E-state index contributed by atoms with van der Waals surface area (Å²) in [6.07, 6.45) is 4.49. The summed E-state index contributed by atoms with van der Waals surface area (Å²) in [5.74, 6) is 0.0956. The van der Waals surface area contributed by atoms with Crippen LogP contribution in [0.1, 0.15) is 45.6 Å². The fourth-order valence-electron chi connectivity index (χ4n) is 2.79. The van der Waals surface area contributed by atoms with Crippen LogP contribution < -0.4 is 0 Å². The maximum Gasteiger partial charge on any atom is 0.264 e. The van der Waals surface area contributed by atoms with Crippen molar-refractivity contribution in [1.82, 2.24) is 9.88 Å². The first-order valence-electron chi connectivity index (χ1n) is 7.61. The van der Waals surface area contributed by atoms with Crippen LogP contribution in [0, 0.1) is 0 Å². The molecule has 0 saturated carbocycles. The van der Waals surface area contributed by atoms with Crippen LogP contribution in [0.2, 0.25) is 0 Å². The molecule has 3 heterocycles. The molecule has 0 aliphatic carbocycles. The molecule has 0 saturated heterocycles. The van der Waals surface area contributed by atoms with Gasteiger partial charge in [0.1, 0.15) is 0 Å². The van der Waals surface area contributed by atoms with Gasteiger partial charge in [-0.25, -0.2) is 0 Å². The average molecular weight is 316 g/mol. The highest BCUT2D eigenvalue weighted by atomic mass is 32.1. The molecule has 0 bridgehead atoms. The topological polar surface area (TPSA) is 42.4 Å². The molecule has 1 amide bonds. The lowest BCUT2D eigenvalue weighted by Gasteiger charge is -2.27. The molecule has 0 fully saturated rings. The van der Waals surface area contributed by atoms with Crippen LogP contribution in [-0.4, -0.2) is 28.9 Å². The minimum Gasteiger partial charge on any atom is -0.376 e. The van der Waals surface area contributed by atoms with Crippen molar-refractivity contribution in [3.8, 4) is 0 Å². The minimum atomic E-state index is 0.0154. The normalized spacial score (nSPS) is 15.2. The number of rotatable bonds is 4. The van der Waals surface area contributed by atoms with E-state index in [9.17, 15) is 4.79 Å². The molecule has 3 rings (SSSR count). The largest absolute Gasteiger partial charge is 0.376 e. The van der Waals surface area contributed by atoms with Crippen molar-refractivity contribution in [3.63, 3.8) is 0 Å². The van der Waals surface area contributed by atoms with Gasteiger partial charge in [-0.3, -0.25) is 9.78 Å². The maximum absolute atomic E-state index is 12.9. The molecule has 22 heavy (non-hydrogen) atoms. The van der Waals surface area contributed by atoms with Crippen LogP contribution in [0.5, 0.6) is 0 Å². The van der Waals surface area contributed by atoms with Crippen molar-refractivity contribution in [2.75, 3.05) is 13.2 Å². The molecule has 0 N–H and O–H groups in total. The SMILES string of the molecule is CCN(C(=O)c1cc2c(s1)CCOC2)C(C)c1cccnc1. The third kappa shape index (κ3) is 2.91. The molecular formula is C17H20N2O2S. The van der Waals surface area contributed by atoms with Gasteiger partial charge in [0.2, 0.25) is 0 Å². The standard InChI is InChI=1S/C17H20N2O2S/c1-3-19(12(2)13-5-4-7-18-10-13)17(20)16-9-14-11-21-8-6-15(14)22-16/h4-5,7,9-10,12H,3,6,8,11H2,1-2H3. The number of aromatic nitrogens is 1. The third-order valence-corrected chi connectivity index (χ3v) is 5.30. The number of carbonyl (C=O) groups is 1. The van der Waals surface area contributed by atoms with Crippen LogP contribution in [0.15, 0.2) is 30.6 Å². The lowest BCUT2D eigenvalue weighted by Crippen LogP contribution is -2.33. The number of pyridine rings is 1. The number of hydrogen-bond acceptors (Lipinski definition) is 4. The summed E-state index contributed by atoms with van der Waals surface area (Å²) in [5.41, 5.74) is 2.23. The van der Waals surface area contributed by atoms with Crippen molar-refractivity contribution >= 4 is 17.2 Å². The zero-order chi connectivity index (χ0) is 15.5. The minimum absolute atomic E-state index is 0.0154. The molecule has 1 aliphatic rings. The van der Waals surface area contributed by atoms with E-state index in [0.29, 0.717) is 13.2 Å². The highest BCUT2D eigenvalue weighted by Gasteiger charge is 2.25. The zero-order valence-electron chi connectivity index (χ0n) is 12.9. The number of thiophene rings is 1. The van der Waals surface area contributed by atoms with E-state index in [1.54, 1.807) is 17.5 Å². The second-order valence-electron chi connectivity index (χ2n) is 5.42. The molecule has 1 aliphatic heterocycles. The predicted molar refractivity (Wildman–Crippen MR) is 87.0 cm³/mol. The molecule has 0 spiro atoms. The Bertz CT molecular complexity index is 630. The van der Waals surface area contributed by atoms with E-state index in [-0.39, 0.29) is 11.9 Å². The lowest BCUT2D eigenvalue weighted by molar-refractivity contribution is 0.0707. The summed E-state index contributed by atoms with van der Waals surface area (Å²) in [5, 5.41) is 0. The van der Waals surface area contributed by atoms with E-state index in [2.05, 4.69) is 11.9 Å². The third-order valence-electron chi connectivity index (χ3n) is 4.07. The number of ether oxygens (including phenoxy) is 1. The van der Waals surface area contributed by atoms with Crippen LogP contribution in [-0.2, 0) is 17.8 Å². The molecule has 1 atom stereocenters. The van der Waals surface area contributed by atoms with E-state index in [4.69, 9.17) is 4.74 Å². The first kappa shape index (κ1) is 15.2. The first-order chi connectivity index (χ1) is 10.7. The van der Waals surface area contributed by atoms with E-state index < -0.39 is 0 Å². The fraction of sp³-hybridized carbons (Fsp3) is 0.412. The summed E-state index contributed by atoms with van der Waals surface area (Å²) in [6, 6.07) is 5.94. The molecule has 2 aromatic rings. The van der Waals surface area contributed by atoms with Crippen molar-refractivity contribution < 1.29 is 9.53 Å². The molecule has 2 aromatic heterocycles. The van der Waals surface area contributed by atoms with Gasteiger partial charge < -0.3 is 9.64 Å². The molecular weight excluding hydrogens is 296 g/mol. The summed E-state index contributed by atoms with van der Waals surface area (Å²) in [6.45, 7) is 6.12. The zero-order valence-corrected chi connectivity index (χ0v) is 13.7. The van der Waals surface area contributed by atoms with E-state index >= 15 is 0 Å². The Morgan fingerprint density at radius 3 is 3.09 bits per heavy atom. The summed E-state index contributed by atoms with van der Waals surface area (Å²) in [7, 11) is 0. The highest BCUT2D eigenvalue weighted by Crippen LogP contribution is 2.30. The lowest BCUT2D eigenvalue weighted by atomic mass is 10.1. The fourth-order valence-corrected chi connectivity index (χ4v) is 3.90. The van der Waals surface area contributed by atoms with E-state index in [1.165, 1.54) is 10.4 Å². The Balaban J connectivity index is 1.84. The Hall–Kier alpha value is -1.72. The molecule has 5 heteroatoms. The second-order valence-corrected chi connectivity index (χ2v) is 6.55. The number of fused-ring (bicyclic) bond motifs is 1. The average Bonchev–Trinajstić information content (AvgIpc) is 3.00. The molecule has 0 radical (unpaired) electrons. The number of nitrogens with zero attached hydrogens (tertiary/aromatic N) is 2. The smallest absolute Gasteiger partial charge is 0.264 e. The van der Waals surface area contributed by atoms with Gasteiger partial charge in [-0.15, -0.1) is 11.3 Å². The van der Waals surface area contributed by atoms with Crippen molar-refractivity contribution in [1.29, 1.82) is 0 Å². The number of carbonyl (C=O) groups excluding carboxylic acids is 1. The summed E-state index contributed by atoms with van der Waals surface area (Å²) >= 11 is 1.61. The van der Waals surface area contributed by atoms with Gasteiger partial charge in [0.05, 0.1) is 24.1 Å². The van der Waals surface area contributed by atoms with Gasteiger partial charge in [0.25, 0.3) is 5.91 Å². The van der Waals surface area contributed by atoms with Gasteiger partial charge in [-0.2, -0.15) is 0 Å². The summed E-state index contributed by atoms with van der Waals surface area (Å²) < 4.78 is 5.47. The Kier molecular flexibility index (Phi) is 4.55. The van der Waals surface area contributed by atoms with Crippen LogP contribution in [0.25, 0.3) is 0 Å². The Morgan fingerprint density at radius 1 is 1.55 bits per heavy atom. The second kappa shape index (κ2) is 6.58. The van der Waals surface area contributed by atoms with Gasteiger partial charge in [0, 0.05) is 30.2 Å². The van der Waals surface area contributed by atoms with Crippen molar-refractivity contribution in [2.24, 2.45) is 0 Å². The monoisotopic (exact) mass is 316 g/mol. The Morgan fingerprint density at radius 2 is 2.41 bits per heavy atom. The van der Waals surface area contributed by atoms with E-state index in [1.807, 2.05) is 36.2 Å². The van der Waals surface area contributed by atoms with Gasteiger partial charge in [-0.1, -0.05) is 6.07 Å². The van der Waals surface area contributed by atoms with Gasteiger partial charge in [-0.05, 0) is 37.1 Å². The number of amides is 1. The summed E-state index contributed by atoms with van der Waals surface area (Å²) in [4.78, 5) is 21.0. The number of hydrogen-bond donors (Lipinski definition) is 0. The molecule has 1 unspecified atom stereocenters. The van der Waals surface area contributed by atoms with Crippen LogP contribution in [0.4, 0.5) is 0 Å². The molecule has 0 aromatic carbocycles. The first-order valence-corrected chi connectivity index (χ1v) is 8.42. The predicted octanol–water partition coefficient (Wildman–Crippen LogP) is 3.44. The van der Waals surface area contributed by atoms with Gasteiger partial charge >= 0.3 is 0 Å². The van der Waals surface area contributed by atoms with Gasteiger partial charge in [0.15, 0.2) is 0 Å². The maximum atomic E-state index is 12.9. The molecule has 4 nitrogen and oxygen atoms in total.